The monoisotopic (exact) mass is 367 g/mol. The molecule has 2 aromatic rings. The third-order valence-electron chi connectivity index (χ3n) is 3.91. The molecule has 2 aromatic carbocycles. The number of thiocarbonyl (C=S) groups is 1. The van der Waals surface area contributed by atoms with E-state index < -0.39 is 0 Å². The number of rotatable bonds is 2. The SMILES string of the molecule is COc1ccc(C2=C/C(=C3/SC(=S)NC3=O)c3ccccc3O2)cc1. The third kappa shape index (κ3) is 2.94. The number of methoxy groups -OCH3 is 1. The molecule has 124 valence electrons. The Hall–Kier alpha value is -2.57. The number of hydrogen-bond donors (Lipinski definition) is 1. The Morgan fingerprint density at radius 2 is 1.88 bits per heavy atom. The minimum atomic E-state index is -0.174. The van der Waals surface area contributed by atoms with Gasteiger partial charge >= 0.3 is 0 Å². The van der Waals surface area contributed by atoms with Gasteiger partial charge in [-0.05, 0) is 36.4 Å². The predicted octanol–water partition coefficient (Wildman–Crippen LogP) is 3.99. The first-order valence-electron chi connectivity index (χ1n) is 7.56. The molecule has 0 spiro atoms. The number of ether oxygens (including phenoxy) is 2. The van der Waals surface area contributed by atoms with Crippen molar-refractivity contribution in [3.05, 3.63) is 70.6 Å². The molecule has 2 heterocycles. The molecule has 25 heavy (non-hydrogen) atoms. The fourth-order valence-corrected chi connectivity index (χ4v) is 3.81. The van der Waals surface area contributed by atoms with Crippen LogP contribution in [0.1, 0.15) is 11.1 Å². The lowest BCUT2D eigenvalue weighted by molar-refractivity contribution is -0.115. The zero-order valence-electron chi connectivity index (χ0n) is 13.2. The minimum Gasteiger partial charge on any atom is -0.497 e. The zero-order valence-corrected chi connectivity index (χ0v) is 14.9. The standard InChI is InChI=1S/C19H13NO3S2/c1-22-12-8-6-11(7-9-12)16-10-14(17-18(21)20-19(24)25-17)13-4-2-3-5-15(13)23-16/h2-10H,1H3,(H,20,21,24)/b17-14-. The second kappa shape index (κ2) is 6.38. The average molecular weight is 367 g/mol. The Morgan fingerprint density at radius 3 is 2.56 bits per heavy atom. The summed E-state index contributed by atoms with van der Waals surface area (Å²) in [5, 5.41) is 2.68. The van der Waals surface area contributed by atoms with Gasteiger partial charge in [0.2, 0.25) is 0 Å². The summed E-state index contributed by atoms with van der Waals surface area (Å²) in [7, 11) is 1.63. The number of carbonyl (C=O) groups is 1. The molecule has 2 aliphatic rings. The molecule has 4 rings (SSSR count). The van der Waals surface area contributed by atoms with Crippen molar-refractivity contribution in [2.75, 3.05) is 7.11 Å². The zero-order chi connectivity index (χ0) is 17.4. The molecule has 0 unspecified atom stereocenters. The van der Waals surface area contributed by atoms with Crippen LogP contribution in [-0.2, 0) is 4.79 Å². The largest absolute Gasteiger partial charge is 0.497 e. The fraction of sp³-hybridized carbons (Fsp3) is 0.0526. The van der Waals surface area contributed by atoms with Crippen LogP contribution in [0.3, 0.4) is 0 Å². The van der Waals surface area contributed by atoms with Crippen molar-refractivity contribution < 1.29 is 14.3 Å². The number of allylic oxidation sites excluding steroid dienone is 2. The Labute approximate surface area is 154 Å². The van der Waals surface area contributed by atoms with Gasteiger partial charge in [0.15, 0.2) is 0 Å². The van der Waals surface area contributed by atoms with Crippen LogP contribution in [0.4, 0.5) is 0 Å². The van der Waals surface area contributed by atoms with Crippen LogP contribution in [0.5, 0.6) is 11.5 Å². The van der Waals surface area contributed by atoms with Gasteiger partial charge in [-0.15, -0.1) is 0 Å². The quantitative estimate of drug-likeness (QED) is 0.642. The number of para-hydroxylation sites is 1. The Kier molecular flexibility index (Phi) is 4.07. The van der Waals surface area contributed by atoms with Gasteiger partial charge in [-0.2, -0.15) is 0 Å². The number of carbonyl (C=O) groups excluding carboxylic acids is 1. The van der Waals surface area contributed by atoms with Crippen molar-refractivity contribution in [2.45, 2.75) is 0 Å². The highest BCUT2D eigenvalue weighted by Gasteiger charge is 2.29. The van der Waals surface area contributed by atoms with Gasteiger partial charge < -0.3 is 14.8 Å². The van der Waals surface area contributed by atoms with E-state index in [1.54, 1.807) is 7.11 Å². The van der Waals surface area contributed by atoms with Crippen LogP contribution in [0.2, 0.25) is 0 Å². The molecule has 1 saturated heterocycles. The van der Waals surface area contributed by atoms with Gasteiger partial charge in [-0.1, -0.05) is 42.2 Å². The fourth-order valence-electron chi connectivity index (χ4n) is 2.71. The summed E-state index contributed by atoms with van der Waals surface area (Å²) in [6.45, 7) is 0. The van der Waals surface area contributed by atoms with E-state index in [0.29, 0.717) is 20.7 Å². The van der Waals surface area contributed by atoms with Crippen molar-refractivity contribution in [1.82, 2.24) is 5.32 Å². The van der Waals surface area contributed by atoms with Gasteiger partial charge in [0.05, 0.1) is 12.0 Å². The molecule has 6 heteroatoms. The summed E-state index contributed by atoms with van der Waals surface area (Å²) in [6.07, 6.45) is 1.89. The number of fused-ring (bicyclic) bond motifs is 1. The number of thioether (sulfide) groups is 1. The first-order valence-corrected chi connectivity index (χ1v) is 8.79. The van der Waals surface area contributed by atoms with Crippen molar-refractivity contribution in [3.8, 4) is 11.5 Å². The van der Waals surface area contributed by atoms with Crippen molar-refractivity contribution in [3.63, 3.8) is 0 Å². The van der Waals surface area contributed by atoms with Gasteiger partial charge in [0.1, 0.15) is 21.6 Å². The van der Waals surface area contributed by atoms with Gasteiger partial charge in [-0.3, -0.25) is 4.79 Å². The van der Waals surface area contributed by atoms with E-state index >= 15 is 0 Å². The van der Waals surface area contributed by atoms with Crippen molar-refractivity contribution >= 4 is 45.5 Å². The molecule has 0 aliphatic carbocycles. The summed E-state index contributed by atoms with van der Waals surface area (Å²) in [5.74, 6) is 1.99. The lowest BCUT2D eigenvalue weighted by atomic mass is 9.99. The van der Waals surface area contributed by atoms with Crippen molar-refractivity contribution in [1.29, 1.82) is 0 Å². The number of benzene rings is 2. The molecule has 0 radical (unpaired) electrons. The van der Waals surface area contributed by atoms with E-state index in [2.05, 4.69) is 5.32 Å². The molecular weight excluding hydrogens is 354 g/mol. The summed E-state index contributed by atoms with van der Waals surface area (Å²) in [4.78, 5) is 12.8. The van der Waals surface area contributed by atoms with Crippen LogP contribution in [-0.4, -0.2) is 17.3 Å². The molecule has 1 amide bonds. The second-order valence-corrected chi connectivity index (χ2v) is 7.11. The summed E-state index contributed by atoms with van der Waals surface area (Å²) >= 11 is 6.40. The van der Waals surface area contributed by atoms with E-state index in [4.69, 9.17) is 21.7 Å². The first-order chi connectivity index (χ1) is 12.2. The summed E-state index contributed by atoms with van der Waals surface area (Å²) in [5.41, 5.74) is 2.59. The molecule has 2 aliphatic heterocycles. The molecule has 1 fully saturated rings. The van der Waals surface area contributed by atoms with E-state index in [1.165, 1.54) is 11.8 Å². The number of hydrogen-bond acceptors (Lipinski definition) is 5. The van der Waals surface area contributed by atoms with E-state index in [9.17, 15) is 4.79 Å². The Balaban J connectivity index is 1.86. The predicted molar refractivity (Wildman–Crippen MR) is 103 cm³/mol. The topological polar surface area (TPSA) is 47.6 Å². The number of amides is 1. The highest BCUT2D eigenvalue weighted by molar-refractivity contribution is 8.26. The van der Waals surface area contributed by atoms with E-state index in [-0.39, 0.29) is 5.91 Å². The molecule has 1 N–H and O–H groups in total. The maximum absolute atomic E-state index is 12.3. The highest BCUT2D eigenvalue weighted by Crippen LogP contribution is 2.42. The number of nitrogens with one attached hydrogen (secondary N) is 1. The molecule has 0 saturated carbocycles. The molecular formula is C19H13NO3S2. The Bertz CT molecular complexity index is 945. The third-order valence-corrected chi connectivity index (χ3v) is 5.16. The van der Waals surface area contributed by atoms with Gasteiger partial charge in [0, 0.05) is 16.7 Å². The normalized spacial score (nSPS) is 19.0. The van der Waals surface area contributed by atoms with Gasteiger partial charge in [0.25, 0.3) is 5.91 Å². The summed E-state index contributed by atoms with van der Waals surface area (Å²) < 4.78 is 11.7. The molecule has 0 aromatic heterocycles. The maximum Gasteiger partial charge on any atom is 0.264 e. The lowest BCUT2D eigenvalue weighted by Crippen LogP contribution is -2.18. The van der Waals surface area contributed by atoms with Crippen LogP contribution in [0, 0.1) is 0 Å². The molecule has 4 nitrogen and oxygen atoms in total. The smallest absolute Gasteiger partial charge is 0.264 e. The van der Waals surface area contributed by atoms with Crippen LogP contribution in [0.15, 0.2) is 59.5 Å². The maximum atomic E-state index is 12.3. The van der Waals surface area contributed by atoms with Crippen LogP contribution in [0.25, 0.3) is 11.3 Å². The van der Waals surface area contributed by atoms with E-state index in [0.717, 1.165) is 22.4 Å². The van der Waals surface area contributed by atoms with Crippen molar-refractivity contribution in [2.24, 2.45) is 0 Å². The second-order valence-electron chi connectivity index (χ2n) is 5.42. The molecule has 0 atom stereocenters. The van der Waals surface area contributed by atoms with Gasteiger partial charge in [-0.25, -0.2) is 0 Å². The minimum absolute atomic E-state index is 0.174. The van der Waals surface area contributed by atoms with Crippen LogP contribution < -0.4 is 14.8 Å². The molecule has 0 bridgehead atoms. The summed E-state index contributed by atoms with van der Waals surface area (Å²) in [6, 6.07) is 15.3. The van der Waals surface area contributed by atoms with E-state index in [1.807, 2.05) is 54.6 Å². The first kappa shape index (κ1) is 15.9. The average Bonchev–Trinajstić information content (AvgIpc) is 2.99. The lowest BCUT2D eigenvalue weighted by Gasteiger charge is -2.21. The highest BCUT2D eigenvalue weighted by atomic mass is 32.2. The van der Waals surface area contributed by atoms with Crippen LogP contribution >= 0.6 is 24.0 Å². The Morgan fingerprint density at radius 1 is 1.12 bits per heavy atom.